The molecule has 7 nitrogen and oxygen atoms in total. The quantitative estimate of drug-likeness (QED) is 0.658. The monoisotopic (exact) mass is 372 g/mol. The van der Waals surface area contributed by atoms with Crippen molar-refractivity contribution in [1.82, 2.24) is 14.3 Å². The molecule has 0 N–H and O–H groups in total. The Kier molecular flexibility index (Phi) is 5.03. The molecule has 0 radical (unpaired) electrons. The van der Waals surface area contributed by atoms with Crippen molar-refractivity contribution in [2.45, 2.75) is 26.8 Å². The lowest BCUT2D eigenvalue weighted by Crippen LogP contribution is -2.22. The Labute approximate surface area is 154 Å². The molecule has 0 aliphatic rings. The lowest BCUT2D eigenvalue weighted by atomic mass is 10.2. The third kappa shape index (κ3) is 3.45. The van der Waals surface area contributed by atoms with E-state index in [-0.39, 0.29) is 6.54 Å². The van der Waals surface area contributed by atoms with Crippen LogP contribution in [0.1, 0.15) is 28.5 Å². The van der Waals surface area contributed by atoms with Gasteiger partial charge in [-0.15, -0.1) is 0 Å². The second-order valence-corrected chi connectivity index (χ2v) is 6.96. The van der Waals surface area contributed by atoms with E-state index in [2.05, 4.69) is 23.1 Å². The fraction of sp³-hybridized carbons (Fsp3) is 0.333. The third-order valence-electron chi connectivity index (χ3n) is 4.08. The Morgan fingerprint density at radius 1 is 1.35 bits per heavy atom. The van der Waals surface area contributed by atoms with Crippen LogP contribution < -0.4 is 4.80 Å². The maximum atomic E-state index is 12.6. The van der Waals surface area contributed by atoms with Gasteiger partial charge in [0.05, 0.1) is 17.3 Å². The maximum Gasteiger partial charge on any atom is 0.325 e. The van der Waals surface area contributed by atoms with E-state index in [0.717, 1.165) is 22.2 Å². The Morgan fingerprint density at radius 2 is 2.12 bits per heavy atom. The van der Waals surface area contributed by atoms with Gasteiger partial charge in [0.2, 0.25) is 0 Å². The first-order chi connectivity index (χ1) is 12.4. The molecule has 3 aromatic rings. The summed E-state index contributed by atoms with van der Waals surface area (Å²) in [4.78, 5) is 29.1. The average Bonchev–Trinajstić information content (AvgIpc) is 3.13. The van der Waals surface area contributed by atoms with Crippen LogP contribution in [0.3, 0.4) is 0 Å². The fourth-order valence-corrected chi connectivity index (χ4v) is 3.82. The molecule has 0 bridgehead atoms. The van der Waals surface area contributed by atoms with Gasteiger partial charge in [0.25, 0.3) is 5.91 Å². The zero-order chi connectivity index (χ0) is 18.8. The van der Waals surface area contributed by atoms with E-state index < -0.39 is 11.9 Å². The summed E-state index contributed by atoms with van der Waals surface area (Å²) in [6.45, 7) is 3.89. The van der Waals surface area contributed by atoms with E-state index in [1.165, 1.54) is 24.0 Å². The number of nitrogens with zero attached hydrogens (tertiary/aromatic N) is 4. The van der Waals surface area contributed by atoms with Gasteiger partial charge in [-0.1, -0.05) is 24.3 Å². The fourth-order valence-electron chi connectivity index (χ4n) is 2.73. The lowest BCUT2D eigenvalue weighted by molar-refractivity contribution is -0.141. The van der Waals surface area contributed by atoms with Crippen molar-refractivity contribution in [2.75, 3.05) is 7.11 Å². The predicted octanol–water partition coefficient (Wildman–Crippen LogP) is 2.22. The van der Waals surface area contributed by atoms with Crippen LogP contribution >= 0.6 is 11.3 Å². The number of rotatable bonds is 4. The predicted molar refractivity (Wildman–Crippen MR) is 99.0 cm³/mol. The van der Waals surface area contributed by atoms with Crippen molar-refractivity contribution < 1.29 is 14.3 Å². The van der Waals surface area contributed by atoms with E-state index in [4.69, 9.17) is 4.74 Å². The molecule has 0 saturated carbocycles. The van der Waals surface area contributed by atoms with Crippen LogP contribution in [-0.2, 0) is 29.5 Å². The molecule has 0 aliphatic carbocycles. The number of carbonyl (C=O) groups excluding carboxylic acids is 2. The van der Waals surface area contributed by atoms with E-state index >= 15 is 0 Å². The molecule has 0 fully saturated rings. The normalized spacial score (nSPS) is 11.9. The molecular weight excluding hydrogens is 352 g/mol. The van der Waals surface area contributed by atoms with Crippen LogP contribution in [0, 0.1) is 6.92 Å². The van der Waals surface area contributed by atoms with E-state index in [0.29, 0.717) is 10.5 Å². The summed E-state index contributed by atoms with van der Waals surface area (Å²) in [6, 6.07) is 6.02. The molecule has 0 saturated heterocycles. The Balaban J connectivity index is 2.16. The van der Waals surface area contributed by atoms with E-state index in [1.807, 2.05) is 19.1 Å². The van der Waals surface area contributed by atoms with Gasteiger partial charge < -0.3 is 9.30 Å². The minimum atomic E-state index is -0.427. The zero-order valence-corrected chi connectivity index (χ0v) is 16.0. The Bertz CT molecular complexity index is 1060. The van der Waals surface area contributed by atoms with E-state index in [9.17, 15) is 9.59 Å². The van der Waals surface area contributed by atoms with Gasteiger partial charge in [-0.05, 0) is 31.0 Å². The molecule has 26 heavy (non-hydrogen) atoms. The molecule has 0 aliphatic heterocycles. The summed E-state index contributed by atoms with van der Waals surface area (Å²) in [5.41, 5.74) is 3.10. The topological polar surface area (TPSA) is 78.5 Å². The number of thiazole rings is 1. The van der Waals surface area contributed by atoms with Crippen molar-refractivity contribution in [3.05, 3.63) is 46.0 Å². The van der Waals surface area contributed by atoms with Crippen LogP contribution in [0.2, 0.25) is 0 Å². The first-order valence-corrected chi connectivity index (χ1v) is 9.03. The van der Waals surface area contributed by atoms with Gasteiger partial charge >= 0.3 is 5.97 Å². The highest BCUT2D eigenvalue weighted by molar-refractivity contribution is 7.16. The van der Waals surface area contributed by atoms with Crippen LogP contribution in [0.5, 0.6) is 0 Å². The number of amides is 1. The van der Waals surface area contributed by atoms with Crippen LogP contribution in [0.15, 0.2) is 29.4 Å². The molecule has 0 unspecified atom stereocenters. The number of aromatic nitrogens is 3. The Hall–Kier alpha value is -2.74. The summed E-state index contributed by atoms with van der Waals surface area (Å²) >= 11 is 1.37. The van der Waals surface area contributed by atoms with Crippen molar-refractivity contribution in [1.29, 1.82) is 0 Å². The van der Waals surface area contributed by atoms with Crippen LogP contribution in [0.25, 0.3) is 10.2 Å². The zero-order valence-electron chi connectivity index (χ0n) is 15.1. The number of esters is 1. The van der Waals surface area contributed by atoms with Crippen molar-refractivity contribution in [3.8, 4) is 0 Å². The summed E-state index contributed by atoms with van der Waals surface area (Å²) in [5.74, 6) is -0.823. The minimum absolute atomic E-state index is 0.00468. The first-order valence-electron chi connectivity index (χ1n) is 8.21. The van der Waals surface area contributed by atoms with Gasteiger partial charge in [0.15, 0.2) is 10.5 Å². The Morgan fingerprint density at radius 3 is 2.73 bits per heavy atom. The highest BCUT2D eigenvalue weighted by Crippen LogP contribution is 2.20. The summed E-state index contributed by atoms with van der Waals surface area (Å²) < 4.78 is 9.05. The highest BCUT2D eigenvalue weighted by Gasteiger charge is 2.15. The van der Waals surface area contributed by atoms with Crippen molar-refractivity contribution in [3.63, 3.8) is 0 Å². The van der Waals surface area contributed by atoms with Gasteiger partial charge in [-0.2, -0.15) is 10.1 Å². The summed E-state index contributed by atoms with van der Waals surface area (Å²) in [6.07, 6.45) is 2.67. The first kappa shape index (κ1) is 18.1. The standard InChI is InChI=1S/C18H20N4O3S/c1-5-12-6-7-13-14(8-12)26-18(22(13)10-15(23)25-4)19-17(24)16-11(2)9-21(3)20-16/h6-9H,5,10H2,1-4H3. The number of aryl methyl sites for hydroxylation is 3. The van der Waals surface area contributed by atoms with Gasteiger partial charge in [0.1, 0.15) is 6.54 Å². The number of methoxy groups -OCH3 is 1. The molecule has 2 aromatic heterocycles. The molecular formula is C18H20N4O3S. The molecule has 1 amide bonds. The molecule has 2 heterocycles. The lowest BCUT2D eigenvalue weighted by Gasteiger charge is -2.04. The minimum Gasteiger partial charge on any atom is -0.468 e. The number of fused-ring (bicyclic) bond motifs is 1. The molecule has 8 heteroatoms. The van der Waals surface area contributed by atoms with Gasteiger partial charge in [-0.25, -0.2) is 0 Å². The number of carbonyl (C=O) groups is 2. The van der Waals surface area contributed by atoms with Gasteiger partial charge in [0, 0.05) is 18.8 Å². The maximum absolute atomic E-state index is 12.6. The average molecular weight is 372 g/mol. The second kappa shape index (κ2) is 7.25. The summed E-state index contributed by atoms with van der Waals surface area (Å²) in [5, 5.41) is 4.17. The van der Waals surface area contributed by atoms with Crippen LogP contribution in [0.4, 0.5) is 0 Å². The van der Waals surface area contributed by atoms with Gasteiger partial charge in [-0.3, -0.25) is 14.3 Å². The van der Waals surface area contributed by atoms with E-state index in [1.54, 1.807) is 22.5 Å². The molecule has 0 spiro atoms. The number of hydrogen-bond donors (Lipinski definition) is 0. The summed E-state index contributed by atoms with van der Waals surface area (Å²) in [7, 11) is 3.10. The number of ether oxygens (including phenoxy) is 1. The largest absolute Gasteiger partial charge is 0.468 e. The van der Waals surface area contributed by atoms with Crippen molar-refractivity contribution in [2.24, 2.45) is 12.0 Å². The highest BCUT2D eigenvalue weighted by atomic mass is 32.1. The molecule has 136 valence electrons. The smallest absolute Gasteiger partial charge is 0.325 e. The third-order valence-corrected chi connectivity index (χ3v) is 5.12. The van der Waals surface area contributed by atoms with Crippen molar-refractivity contribution >= 4 is 33.4 Å². The second-order valence-electron chi connectivity index (χ2n) is 5.95. The number of hydrogen-bond acceptors (Lipinski definition) is 5. The van der Waals surface area contributed by atoms with Crippen LogP contribution in [-0.4, -0.2) is 33.3 Å². The molecule has 0 atom stereocenters. The molecule has 3 rings (SSSR count). The number of benzene rings is 1. The SMILES string of the molecule is CCc1ccc2c(c1)sc(=NC(=O)c1nn(C)cc1C)n2CC(=O)OC. The molecule has 1 aromatic carbocycles.